The number of nitrogens with zero attached hydrogens (tertiary/aromatic N) is 2. The van der Waals surface area contributed by atoms with Gasteiger partial charge >= 0.3 is 0 Å². The molecular weight excluding hydrogens is 330 g/mol. The maximum atomic E-state index is 12.4. The second-order valence-electron chi connectivity index (χ2n) is 5.10. The monoisotopic (exact) mass is 347 g/mol. The molecule has 0 aliphatic heterocycles. The lowest BCUT2D eigenvalue weighted by Gasteiger charge is -2.19. The van der Waals surface area contributed by atoms with E-state index in [1.54, 1.807) is 41.3 Å². The lowest BCUT2D eigenvalue weighted by atomic mass is 10.1. The van der Waals surface area contributed by atoms with Gasteiger partial charge in [-0.3, -0.25) is 14.9 Å². The van der Waals surface area contributed by atoms with Gasteiger partial charge in [-0.25, -0.2) is 0 Å². The van der Waals surface area contributed by atoms with Crippen LogP contribution >= 0.6 is 11.6 Å². The van der Waals surface area contributed by atoms with Crippen LogP contribution in [-0.4, -0.2) is 28.8 Å². The zero-order chi connectivity index (χ0) is 17.7. The van der Waals surface area contributed by atoms with Crippen molar-refractivity contribution in [1.82, 2.24) is 4.90 Å². The summed E-state index contributed by atoms with van der Waals surface area (Å²) in [4.78, 5) is 24.8. The van der Waals surface area contributed by atoms with E-state index in [0.717, 1.165) is 0 Å². The highest BCUT2D eigenvalue weighted by Crippen LogP contribution is 2.30. The average Bonchev–Trinajstić information content (AvgIpc) is 2.57. The van der Waals surface area contributed by atoms with Crippen molar-refractivity contribution in [2.24, 2.45) is 0 Å². The molecule has 7 heteroatoms. The number of anilines is 2. The van der Waals surface area contributed by atoms with Crippen molar-refractivity contribution < 1.29 is 9.72 Å². The van der Waals surface area contributed by atoms with Crippen molar-refractivity contribution in [3.8, 4) is 0 Å². The molecule has 1 amide bonds. The van der Waals surface area contributed by atoms with Gasteiger partial charge in [0.05, 0.1) is 4.92 Å². The average molecular weight is 348 g/mol. The van der Waals surface area contributed by atoms with Crippen LogP contribution in [0.3, 0.4) is 0 Å². The van der Waals surface area contributed by atoms with Gasteiger partial charge in [0.25, 0.3) is 11.6 Å². The van der Waals surface area contributed by atoms with Gasteiger partial charge in [0, 0.05) is 35.4 Å². The lowest BCUT2D eigenvalue weighted by molar-refractivity contribution is -0.383. The molecule has 0 aliphatic carbocycles. The van der Waals surface area contributed by atoms with Crippen LogP contribution in [0.15, 0.2) is 42.5 Å². The number of nitrogens with one attached hydrogen (secondary N) is 1. The normalized spacial score (nSPS) is 10.3. The third-order valence-corrected chi connectivity index (χ3v) is 3.83. The van der Waals surface area contributed by atoms with Crippen LogP contribution < -0.4 is 5.32 Å². The molecule has 0 heterocycles. The van der Waals surface area contributed by atoms with Gasteiger partial charge in [0.2, 0.25) is 0 Å². The number of carbonyl (C=O) groups excluding carboxylic acids is 1. The summed E-state index contributed by atoms with van der Waals surface area (Å²) >= 11 is 5.82. The molecule has 0 bridgehead atoms. The van der Waals surface area contributed by atoms with Crippen LogP contribution in [0.25, 0.3) is 0 Å². The molecule has 1 N–H and O–H groups in total. The first-order chi connectivity index (χ1) is 11.5. The number of hydrogen-bond acceptors (Lipinski definition) is 4. The second kappa shape index (κ2) is 7.79. The Hall–Kier alpha value is -2.60. The van der Waals surface area contributed by atoms with Crippen molar-refractivity contribution in [1.29, 1.82) is 0 Å². The molecule has 2 aromatic carbocycles. The predicted molar refractivity (Wildman–Crippen MR) is 95.1 cm³/mol. The molecule has 0 aromatic heterocycles. The molecule has 24 heavy (non-hydrogen) atoms. The summed E-state index contributed by atoms with van der Waals surface area (Å²) in [7, 11) is 0. The van der Waals surface area contributed by atoms with Crippen molar-refractivity contribution in [2.45, 2.75) is 13.8 Å². The fourth-order valence-electron chi connectivity index (χ4n) is 2.34. The Labute approximate surface area is 145 Å². The Bertz CT molecular complexity index is 760. The molecule has 0 fully saturated rings. The standard InChI is InChI=1S/C17H18ClN3O3/c1-3-20(4-2)17(22)12-6-5-7-14(10-12)19-15-9-8-13(18)11-16(15)21(23)24/h5-11,19H,3-4H2,1-2H3. The number of rotatable bonds is 6. The molecule has 0 radical (unpaired) electrons. The Balaban J connectivity index is 2.31. The number of hydrogen-bond donors (Lipinski definition) is 1. The summed E-state index contributed by atoms with van der Waals surface area (Å²) in [5, 5.41) is 14.4. The maximum Gasteiger partial charge on any atom is 0.294 e. The quantitative estimate of drug-likeness (QED) is 0.617. The van der Waals surface area contributed by atoms with Crippen LogP contribution in [0.4, 0.5) is 17.1 Å². The van der Waals surface area contributed by atoms with E-state index in [-0.39, 0.29) is 16.6 Å². The summed E-state index contributed by atoms with van der Waals surface area (Å²) in [5.41, 5.74) is 1.32. The van der Waals surface area contributed by atoms with Crippen molar-refractivity contribution in [3.05, 3.63) is 63.2 Å². The molecule has 0 aliphatic rings. The SMILES string of the molecule is CCN(CC)C(=O)c1cccc(Nc2ccc(Cl)cc2[N+](=O)[O-])c1. The van der Waals surface area contributed by atoms with Gasteiger partial charge in [-0.1, -0.05) is 17.7 Å². The fourth-order valence-corrected chi connectivity index (χ4v) is 2.51. The van der Waals surface area contributed by atoms with Crippen LogP contribution in [0.5, 0.6) is 0 Å². The Morgan fingerprint density at radius 3 is 2.54 bits per heavy atom. The zero-order valence-electron chi connectivity index (χ0n) is 13.5. The van der Waals surface area contributed by atoms with E-state index >= 15 is 0 Å². The van der Waals surface area contributed by atoms with Gasteiger partial charge in [0.1, 0.15) is 5.69 Å². The third-order valence-electron chi connectivity index (χ3n) is 3.60. The van der Waals surface area contributed by atoms with Gasteiger partial charge in [-0.05, 0) is 44.2 Å². The van der Waals surface area contributed by atoms with E-state index in [1.165, 1.54) is 6.07 Å². The van der Waals surface area contributed by atoms with E-state index in [9.17, 15) is 14.9 Å². The summed E-state index contributed by atoms with van der Waals surface area (Å²) in [6.07, 6.45) is 0. The van der Waals surface area contributed by atoms with Crippen molar-refractivity contribution in [3.63, 3.8) is 0 Å². The van der Waals surface area contributed by atoms with E-state index < -0.39 is 4.92 Å². The number of amides is 1. The molecule has 6 nitrogen and oxygen atoms in total. The molecule has 0 spiro atoms. The van der Waals surface area contributed by atoms with Crippen LogP contribution in [0, 0.1) is 10.1 Å². The molecule has 126 valence electrons. The van der Waals surface area contributed by atoms with Crippen LogP contribution in [0.1, 0.15) is 24.2 Å². The molecule has 0 unspecified atom stereocenters. The summed E-state index contributed by atoms with van der Waals surface area (Å²) in [6, 6.07) is 11.3. The smallest absolute Gasteiger partial charge is 0.294 e. The molecule has 2 rings (SSSR count). The number of nitro benzene ring substituents is 1. The molecule has 0 saturated heterocycles. The first-order valence-electron chi connectivity index (χ1n) is 7.56. The fraction of sp³-hybridized carbons (Fsp3) is 0.235. The van der Waals surface area contributed by atoms with Crippen molar-refractivity contribution in [2.75, 3.05) is 18.4 Å². The third kappa shape index (κ3) is 4.02. The van der Waals surface area contributed by atoms with Gasteiger partial charge in [-0.2, -0.15) is 0 Å². The minimum absolute atomic E-state index is 0.0748. The summed E-state index contributed by atoms with van der Waals surface area (Å²) in [6.45, 7) is 5.08. The highest BCUT2D eigenvalue weighted by molar-refractivity contribution is 6.30. The first kappa shape index (κ1) is 17.7. The topological polar surface area (TPSA) is 75.5 Å². The Morgan fingerprint density at radius 1 is 1.21 bits per heavy atom. The predicted octanol–water partition coefficient (Wildman–Crippen LogP) is 4.47. The Kier molecular flexibility index (Phi) is 5.76. The molecule has 2 aromatic rings. The van der Waals surface area contributed by atoms with Crippen LogP contribution in [0.2, 0.25) is 5.02 Å². The minimum atomic E-state index is -0.501. The largest absolute Gasteiger partial charge is 0.350 e. The minimum Gasteiger partial charge on any atom is -0.350 e. The lowest BCUT2D eigenvalue weighted by Crippen LogP contribution is -2.30. The highest BCUT2D eigenvalue weighted by Gasteiger charge is 2.16. The van der Waals surface area contributed by atoms with Gasteiger partial charge in [-0.15, -0.1) is 0 Å². The van der Waals surface area contributed by atoms with E-state index in [2.05, 4.69) is 5.32 Å². The maximum absolute atomic E-state index is 12.4. The highest BCUT2D eigenvalue weighted by atomic mass is 35.5. The summed E-state index contributed by atoms with van der Waals surface area (Å²) < 4.78 is 0. The molecular formula is C17H18ClN3O3. The number of benzene rings is 2. The van der Waals surface area contributed by atoms with Gasteiger partial charge in [0.15, 0.2) is 0 Å². The first-order valence-corrected chi connectivity index (χ1v) is 7.94. The number of carbonyl (C=O) groups is 1. The number of nitro groups is 1. The van der Waals surface area contributed by atoms with Crippen LogP contribution in [-0.2, 0) is 0 Å². The van der Waals surface area contributed by atoms with E-state index in [0.29, 0.717) is 30.0 Å². The molecule has 0 atom stereocenters. The van der Waals surface area contributed by atoms with Gasteiger partial charge < -0.3 is 10.2 Å². The zero-order valence-corrected chi connectivity index (χ0v) is 14.2. The second-order valence-corrected chi connectivity index (χ2v) is 5.54. The summed E-state index contributed by atoms with van der Waals surface area (Å²) in [5.74, 6) is -0.0748. The van der Waals surface area contributed by atoms with Crippen molar-refractivity contribution >= 4 is 34.6 Å². The Morgan fingerprint density at radius 2 is 1.92 bits per heavy atom. The van der Waals surface area contributed by atoms with E-state index in [1.807, 2.05) is 13.8 Å². The van der Waals surface area contributed by atoms with E-state index in [4.69, 9.17) is 11.6 Å². The number of halogens is 1. The molecule has 0 saturated carbocycles.